The van der Waals surface area contributed by atoms with Crippen molar-refractivity contribution in [2.45, 2.75) is 38.1 Å². The molecule has 6 heteroatoms. The van der Waals surface area contributed by atoms with Crippen molar-refractivity contribution in [1.82, 2.24) is 9.88 Å². The molecule has 2 N–H and O–H groups in total. The Morgan fingerprint density at radius 3 is 3.00 bits per heavy atom. The monoisotopic (exact) mass is 283 g/mol. The van der Waals surface area contributed by atoms with Gasteiger partial charge >= 0.3 is 5.97 Å². The highest BCUT2D eigenvalue weighted by Gasteiger charge is 2.30. The zero-order valence-electron chi connectivity index (χ0n) is 11.6. The third-order valence-corrected chi connectivity index (χ3v) is 4.32. The van der Waals surface area contributed by atoms with Crippen LogP contribution in [0.1, 0.15) is 36.3 Å². The number of carbonyl (C=O) groups is 1. The van der Waals surface area contributed by atoms with Crippen LogP contribution in [0.3, 0.4) is 0 Å². The van der Waals surface area contributed by atoms with Gasteiger partial charge in [0.05, 0.1) is 5.69 Å². The number of rotatable bonds is 5. The molecule has 19 heavy (non-hydrogen) atoms. The van der Waals surface area contributed by atoms with Gasteiger partial charge in [-0.25, -0.2) is 4.98 Å². The normalized spacial score (nSPS) is 20.1. The van der Waals surface area contributed by atoms with Gasteiger partial charge in [0.2, 0.25) is 0 Å². The summed E-state index contributed by atoms with van der Waals surface area (Å²) in [6.45, 7) is 3.03. The van der Waals surface area contributed by atoms with Gasteiger partial charge in [-0.15, -0.1) is 11.3 Å². The fraction of sp³-hybridized carbons (Fsp3) is 0.692. The van der Waals surface area contributed by atoms with E-state index in [9.17, 15) is 9.90 Å². The van der Waals surface area contributed by atoms with E-state index in [1.807, 2.05) is 14.1 Å². The molecule has 0 aromatic carbocycles. The molecule has 0 saturated carbocycles. The summed E-state index contributed by atoms with van der Waals surface area (Å²) in [6, 6.07) is 0.297. The molecule has 1 aromatic heterocycles. The quantitative estimate of drug-likeness (QED) is 0.865. The van der Waals surface area contributed by atoms with E-state index < -0.39 is 11.9 Å². The number of nitrogens with zero attached hydrogens (tertiary/aromatic N) is 2. The molecule has 0 saturated heterocycles. The molecule has 0 spiro atoms. The van der Waals surface area contributed by atoms with E-state index in [2.05, 4.69) is 22.1 Å². The summed E-state index contributed by atoms with van der Waals surface area (Å²) in [5.74, 6) is -1.17. The number of thiazole rings is 1. The molecule has 0 amide bonds. The van der Waals surface area contributed by atoms with Crippen LogP contribution >= 0.6 is 11.3 Å². The van der Waals surface area contributed by atoms with Crippen LogP contribution < -0.4 is 5.32 Å². The third kappa shape index (κ3) is 3.45. The Morgan fingerprint density at radius 1 is 1.63 bits per heavy atom. The molecule has 1 aromatic rings. The third-order valence-electron chi connectivity index (χ3n) is 3.26. The minimum atomic E-state index is -0.751. The standard InChI is InChI=1S/C13H21N3O2S/c1-8(7-16(2)3)14-13-15-11-9(12(17)18)5-4-6-10(11)19-13/h8-9H,4-7H2,1-3H3,(H,14,15)(H,17,18). The predicted molar refractivity (Wildman–Crippen MR) is 77.1 cm³/mol. The number of hydrogen-bond donors (Lipinski definition) is 2. The van der Waals surface area contributed by atoms with Crippen molar-refractivity contribution >= 4 is 22.4 Å². The van der Waals surface area contributed by atoms with Crippen LogP contribution in [0.5, 0.6) is 0 Å². The smallest absolute Gasteiger partial charge is 0.312 e. The first kappa shape index (κ1) is 14.3. The van der Waals surface area contributed by atoms with Crippen molar-refractivity contribution in [2.24, 2.45) is 0 Å². The second-order valence-corrected chi connectivity index (χ2v) is 6.50. The Bertz CT molecular complexity index is 459. The number of nitrogens with one attached hydrogen (secondary N) is 1. The molecule has 0 fully saturated rings. The second-order valence-electron chi connectivity index (χ2n) is 5.42. The summed E-state index contributed by atoms with van der Waals surface area (Å²) < 4.78 is 0. The Kier molecular flexibility index (Phi) is 4.42. The number of fused-ring (bicyclic) bond motifs is 1. The highest BCUT2D eigenvalue weighted by atomic mass is 32.1. The van der Waals surface area contributed by atoms with Gasteiger partial charge < -0.3 is 15.3 Å². The maximum absolute atomic E-state index is 11.2. The lowest BCUT2D eigenvalue weighted by Gasteiger charge is -2.17. The number of aliphatic carboxylic acids is 1. The minimum absolute atomic E-state index is 0.297. The molecule has 1 aliphatic rings. The molecule has 0 radical (unpaired) electrons. The second kappa shape index (κ2) is 5.88. The van der Waals surface area contributed by atoms with E-state index in [1.165, 1.54) is 0 Å². The summed E-state index contributed by atoms with van der Waals surface area (Å²) in [4.78, 5) is 19.0. The largest absolute Gasteiger partial charge is 0.481 e. The zero-order chi connectivity index (χ0) is 14.0. The van der Waals surface area contributed by atoms with E-state index in [0.29, 0.717) is 12.5 Å². The van der Waals surface area contributed by atoms with Gasteiger partial charge in [-0.05, 0) is 40.3 Å². The molecular weight excluding hydrogens is 262 g/mol. The highest BCUT2D eigenvalue weighted by Crippen LogP contribution is 2.36. The summed E-state index contributed by atoms with van der Waals surface area (Å²) in [5, 5.41) is 13.4. The maximum atomic E-state index is 11.2. The minimum Gasteiger partial charge on any atom is -0.481 e. The van der Waals surface area contributed by atoms with Gasteiger partial charge in [-0.1, -0.05) is 0 Å². The maximum Gasteiger partial charge on any atom is 0.312 e. The number of carboxylic acid groups (broad SMARTS) is 1. The molecule has 0 bridgehead atoms. The van der Waals surface area contributed by atoms with Gasteiger partial charge in [0.1, 0.15) is 5.92 Å². The molecule has 2 atom stereocenters. The number of carboxylic acids is 1. The van der Waals surface area contributed by atoms with Gasteiger partial charge in [0.15, 0.2) is 5.13 Å². The molecule has 106 valence electrons. The molecule has 1 aliphatic carbocycles. The lowest BCUT2D eigenvalue weighted by molar-refractivity contribution is -0.139. The summed E-state index contributed by atoms with van der Waals surface area (Å²) in [6.07, 6.45) is 2.61. The summed E-state index contributed by atoms with van der Waals surface area (Å²) in [7, 11) is 4.07. The van der Waals surface area contributed by atoms with Crippen LogP contribution in [0.15, 0.2) is 0 Å². The van der Waals surface area contributed by atoms with Crippen molar-refractivity contribution in [2.75, 3.05) is 26.0 Å². The number of likely N-dealkylation sites (N-methyl/N-ethyl adjacent to an activating group) is 1. The van der Waals surface area contributed by atoms with Crippen LogP contribution in [0, 0.1) is 0 Å². The topological polar surface area (TPSA) is 65.5 Å². The molecule has 1 heterocycles. The highest BCUT2D eigenvalue weighted by molar-refractivity contribution is 7.15. The van der Waals surface area contributed by atoms with Gasteiger partial charge in [-0.3, -0.25) is 4.79 Å². The summed E-state index contributed by atoms with van der Waals surface area (Å²) >= 11 is 1.61. The van der Waals surface area contributed by atoms with E-state index in [-0.39, 0.29) is 0 Å². The van der Waals surface area contributed by atoms with E-state index in [1.54, 1.807) is 11.3 Å². The Labute approximate surface area is 117 Å². The fourth-order valence-corrected chi connectivity index (χ4v) is 3.70. The van der Waals surface area contributed by atoms with E-state index in [0.717, 1.165) is 35.1 Å². The Balaban J connectivity index is 2.11. The molecule has 0 aliphatic heterocycles. The summed E-state index contributed by atoms with van der Waals surface area (Å²) in [5.41, 5.74) is 0.781. The van der Waals surface area contributed by atoms with Crippen molar-refractivity contribution in [3.8, 4) is 0 Å². The number of anilines is 1. The van der Waals surface area contributed by atoms with Crippen LogP contribution in [0.4, 0.5) is 5.13 Å². The molecule has 2 unspecified atom stereocenters. The zero-order valence-corrected chi connectivity index (χ0v) is 12.5. The van der Waals surface area contributed by atoms with Crippen LogP contribution in [0.25, 0.3) is 0 Å². The number of hydrogen-bond acceptors (Lipinski definition) is 5. The van der Waals surface area contributed by atoms with Crippen LogP contribution in [-0.4, -0.2) is 47.6 Å². The van der Waals surface area contributed by atoms with E-state index in [4.69, 9.17) is 0 Å². The van der Waals surface area contributed by atoms with Crippen molar-refractivity contribution in [3.63, 3.8) is 0 Å². The lowest BCUT2D eigenvalue weighted by atomic mass is 9.91. The average molecular weight is 283 g/mol. The van der Waals surface area contributed by atoms with Crippen molar-refractivity contribution in [3.05, 3.63) is 10.6 Å². The lowest BCUT2D eigenvalue weighted by Crippen LogP contribution is -2.29. The van der Waals surface area contributed by atoms with Gasteiger partial charge in [-0.2, -0.15) is 0 Å². The first-order valence-corrected chi connectivity index (χ1v) is 7.42. The molecule has 2 rings (SSSR count). The van der Waals surface area contributed by atoms with Crippen LogP contribution in [-0.2, 0) is 11.2 Å². The van der Waals surface area contributed by atoms with Crippen LogP contribution in [0.2, 0.25) is 0 Å². The van der Waals surface area contributed by atoms with E-state index >= 15 is 0 Å². The Morgan fingerprint density at radius 2 is 2.37 bits per heavy atom. The average Bonchev–Trinajstić information content (AvgIpc) is 2.68. The number of aryl methyl sites for hydroxylation is 1. The SMILES string of the molecule is CC(CN(C)C)Nc1nc2c(s1)CCCC2C(=O)O. The van der Waals surface area contributed by atoms with Gasteiger partial charge in [0, 0.05) is 17.5 Å². The van der Waals surface area contributed by atoms with Gasteiger partial charge in [0.25, 0.3) is 0 Å². The fourth-order valence-electron chi connectivity index (χ4n) is 2.52. The predicted octanol–water partition coefficient (Wildman–Crippen LogP) is 2.01. The molecular formula is C13H21N3O2S. The Hall–Kier alpha value is -1.14. The van der Waals surface area contributed by atoms with Crippen molar-refractivity contribution in [1.29, 1.82) is 0 Å². The van der Waals surface area contributed by atoms with Crippen molar-refractivity contribution < 1.29 is 9.90 Å². The first-order valence-electron chi connectivity index (χ1n) is 6.61. The molecule has 5 nitrogen and oxygen atoms in total. The number of aromatic nitrogens is 1. The first-order chi connectivity index (χ1) is 8.97.